The van der Waals surface area contributed by atoms with Gasteiger partial charge in [-0.25, -0.2) is 4.79 Å². The first-order chi connectivity index (χ1) is 1.73. The summed E-state index contributed by atoms with van der Waals surface area (Å²) in [5.41, 5.74) is 0. The van der Waals surface area contributed by atoms with E-state index in [4.69, 9.17) is 15.0 Å². The molecule has 4 nitrogen and oxygen atoms in total. The van der Waals surface area contributed by atoms with Gasteiger partial charge in [0.05, 0.1) is 0 Å². The number of rotatable bonds is 0. The van der Waals surface area contributed by atoms with E-state index in [0.29, 0.717) is 0 Å². The third kappa shape index (κ3) is 204. The van der Waals surface area contributed by atoms with Crippen LogP contribution in [0.15, 0.2) is 0 Å². The number of hydrogen-bond acceptors (Lipinski definition) is 1. The molecule has 0 saturated carbocycles. The minimum atomic E-state index is -1.83. The van der Waals surface area contributed by atoms with Crippen LogP contribution in [-0.4, -0.2) is 62.3 Å². The monoisotopic (exact) mass is 200 g/mol. The first kappa shape index (κ1) is 35.3. The molecule has 8 heavy (non-hydrogen) atoms. The van der Waals surface area contributed by atoms with E-state index < -0.39 is 6.16 Å². The van der Waals surface area contributed by atoms with Gasteiger partial charge in [-0.3, -0.25) is 0 Å². The molecule has 0 atom stereocenters. The van der Waals surface area contributed by atoms with Crippen molar-refractivity contribution in [3.8, 4) is 0 Å². The van der Waals surface area contributed by atoms with Crippen LogP contribution in [0.4, 0.5) is 4.79 Å². The molecule has 44 valence electrons. The van der Waals surface area contributed by atoms with Crippen LogP contribution in [0, 0.1) is 0 Å². The summed E-state index contributed by atoms with van der Waals surface area (Å²) in [5.74, 6) is 0. The zero-order valence-electron chi connectivity index (χ0n) is 5.72. The van der Waals surface area contributed by atoms with Gasteiger partial charge in [0, 0.05) is 19.5 Å². The van der Waals surface area contributed by atoms with E-state index >= 15 is 0 Å². The van der Waals surface area contributed by atoms with E-state index in [2.05, 4.69) is 0 Å². The quantitative estimate of drug-likeness (QED) is 0.447. The van der Waals surface area contributed by atoms with Gasteiger partial charge >= 0.3 is 29.2 Å². The molecule has 0 spiro atoms. The second kappa shape index (κ2) is 24.2. The van der Waals surface area contributed by atoms with Gasteiger partial charge in [-0.1, -0.05) is 0 Å². The maximum atomic E-state index is 8.56. The van der Waals surface area contributed by atoms with Crippen molar-refractivity contribution in [2.45, 2.75) is 0 Å². The summed E-state index contributed by atoms with van der Waals surface area (Å²) in [6.07, 6.45) is -1.83. The largest absolute Gasteiger partial charge is 2.00 e. The summed E-state index contributed by atoms with van der Waals surface area (Å²) in [5, 5.41) is 13.9. The fraction of sp³-hybridized carbons (Fsp3) is 0. The van der Waals surface area contributed by atoms with Crippen molar-refractivity contribution in [1.82, 2.24) is 0 Å². The van der Waals surface area contributed by atoms with Gasteiger partial charge in [0.2, 0.25) is 0 Å². The summed E-state index contributed by atoms with van der Waals surface area (Å²) in [4.78, 5) is 8.56. The van der Waals surface area contributed by atoms with Crippen LogP contribution in [0.5, 0.6) is 0 Å². The zero-order chi connectivity index (χ0) is 3.58. The van der Waals surface area contributed by atoms with Crippen molar-refractivity contribution in [3.05, 3.63) is 0 Å². The van der Waals surface area contributed by atoms with Crippen LogP contribution in [0.25, 0.3) is 0 Å². The fourth-order valence-electron chi connectivity index (χ4n) is 0. The molecule has 0 aliphatic heterocycles. The number of hydrogen-bond donors (Lipinski definition) is 2. The van der Waals surface area contributed by atoms with Crippen LogP contribution in [0.1, 0.15) is 2.85 Å². The molecule has 0 aromatic heterocycles. The average Bonchev–Trinajstić information content (AvgIpc) is 0.811. The first-order valence-electron chi connectivity index (χ1n) is 0.651. The van der Waals surface area contributed by atoms with Gasteiger partial charge in [-0.15, -0.1) is 0 Å². The molecule has 0 aliphatic rings. The van der Waals surface area contributed by atoms with Crippen LogP contribution >= 0.6 is 0 Å². The van der Waals surface area contributed by atoms with Gasteiger partial charge in [0.1, 0.15) is 0 Å². The van der Waals surface area contributed by atoms with Crippen LogP contribution < -0.4 is 0 Å². The molecule has 0 bridgehead atoms. The molecule has 0 amide bonds. The predicted molar refractivity (Wildman–Crippen MR) is 32.2 cm³/mol. The maximum Gasteiger partial charge on any atom is 2.00 e. The summed E-state index contributed by atoms with van der Waals surface area (Å²) >= 11 is 0. The third-order valence-corrected chi connectivity index (χ3v) is 0. The van der Waals surface area contributed by atoms with E-state index in [9.17, 15) is 0 Å². The molecule has 0 aromatic carbocycles. The van der Waals surface area contributed by atoms with Crippen molar-refractivity contribution in [2.75, 3.05) is 0 Å². The van der Waals surface area contributed by atoms with Gasteiger partial charge in [0.25, 0.3) is 0 Å². The molecule has 0 rings (SSSR count). The Morgan fingerprint density at radius 3 is 1.38 bits per heavy atom. The minimum Gasteiger partial charge on any atom is -1.00 e. The topological polar surface area (TPSA) is 89.0 Å². The Bertz CT molecular complexity index is 46.2. The van der Waals surface area contributed by atoms with E-state index in [0.717, 1.165) is 0 Å². The number of carboxylic acid groups (broad SMARTS) is 2. The molecule has 7 heteroatoms. The summed E-state index contributed by atoms with van der Waals surface area (Å²) in [6.45, 7) is 0. The van der Waals surface area contributed by atoms with Gasteiger partial charge in [0.15, 0.2) is 17.4 Å². The van der Waals surface area contributed by atoms with Crippen LogP contribution in [0.3, 0.4) is 0 Å². The van der Waals surface area contributed by atoms with Crippen molar-refractivity contribution in [2.24, 2.45) is 0 Å². The maximum absolute atomic E-state index is 8.56. The van der Waals surface area contributed by atoms with Crippen LogP contribution in [-0.2, 0) is 19.5 Å². The second-order valence-electron chi connectivity index (χ2n) is 0.283. The van der Waals surface area contributed by atoms with Crippen molar-refractivity contribution in [3.63, 3.8) is 0 Å². The first-order valence-corrected chi connectivity index (χ1v) is 0.651. The summed E-state index contributed by atoms with van der Waals surface area (Å²) in [7, 11) is 0. The van der Waals surface area contributed by atoms with Crippen molar-refractivity contribution < 1.29 is 42.8 Å². The summed E-state index contributed by atoms with van der Waals surface area (Å²) in [6, 6.07) is 0. The predicted octanol–water partition coefficient (Wildman–Crippen LogP) is -1.94. The van der Waals surface area contributed by atoms with Gasteiger partial charge in [-0.2, -0.15) is 0 Å². The Kier molecular flexibility index (Phi) is 107. The van der Waals surface area contributed by atoms with Crippen LogP contribution in [0.2, 0.25) is 0 Å². The average molecular weight is 202 g/mol. The normalized spacial score (nSPS) is 3.00. The molecular formula is CH9AlMgO4Zn. The molecule has 0 unspecified atom stereocenters. The van der Waals surface area contributed by atoms with E-state index in [1.54, 1.807) is 0 Å². The Morgan fingerprint density at radius 2 is 1.38 bits per heavy atom. The van der Waals surface area contributed by atoms with Gasteiger partial charge in [-0.05, 0) is 0 Å². The standard InChI is InChI=1S/CH2O3.Al.Mg.H2O.Zn.5H/c2-1(3)4;;;;;;;;;/h(H2,2,3,4);;;1H2;;;;;;/q;;+2;;;;;;2*-1. The Labute approximate surface area is 89.0 Å². The Morgan fingerprint density at radius 1 is 1.38 bits per heavy atom. The third-order valence-electron chi connectivity index (χ3n) is 0. The minimum absolute atomic E-state index is 0. The van der Waals surface area contributed by atoms with Crippen molar-refractivity contribution >= 4 is 46.6 Å². The van der Waals surface area contributed by atoms with E-state index in [1.807, 2.05) is 0 Å². The van der Waals surface area contributed by atoms with E-state index in [-0.39, 0.29) is 68.2 Å². The summed E-state index contributed by atoms with van der Waals surface area (Å²) < 4.78 is 0. The molecular weight excluding hydrogens is 193 g/mol. The molecule has 4 N–H and O–H groups in total. The van der Waals surface area contributed by atoms with Gasteiger partial charge < -0.3 is 18.5 Å². The zero-order valence-corrected chi connectivity index (χ0v) is 8.10. The number of carbonyl (C=O) groups is 1. The molecule has 0 aromatic rings. The molecule has 0 saturated heterocycles. The Balaban J connectivity index is -0.00000000300. The SMILES string of the molecule is O.O=C(O)O.[AlH3].[H-].[H-].[Mg+2].[Zn]. The molecule has 0 fully saturated rings. The fourth-order valence-corrected chi connectivity index (χ4v) is 0. The molecule has 0 heterocycles. The van der Waals surface area contributed by atoms with E-state index in [1.165, 1.54) is 0 Å². The smallest absolute Gasteiger partial charge is 1.00 e. The second-order valence-corrected chi connectivity index (χ2v) is 0.283. The molecule has 0 radical (unpaired) electrons. The Hall–Kier alpha value is 1.15. The van der Waals surface area contributed by atoms with Crippen molar-refractivity contribution in [1.29, 1.82) is 0 Å². The molecule has 0 aliphatic carbocycles.